The lowest BCUT2D eigenvalue weighted by atomic mass is 10.2. The number of nitrogens with zero attached hydrogens (tertiary/aromatic N) is 1. The Morgan fingerprint density at radius 1 is 1.42 bits per heavy atom. The van der Waals surface area contributed by atoms with Crippen LogP contribution in [-0.4, -0.2) is 32.3 Å². The molecular formula is C14H20FN3O. The van der Waals surface area contributed by atoms with Gasteiger partial charge in [-0.15, -0.1) is 0 Å². The summed E-state index contributed by atoms with van der Waals surface area (Å²) >= 11 is 0. The highest BCUT2D eigenvalue weighted by molar-refractivity contribution is 5.79. The van der Waals surface area contributed by atoms with Crippen LogP contribution in [0.4, 0.5) is 4.39 Å². The van der Waals surface area contributed by atoms with E-state index in [1.807, 2.05) is 6.07 Å². The molecule has 0 spiro atoms. The van der Waals surface area contributed by atoms with Gasteiger partial charge in [-0.25, -0.2) is 4.39 Å². The van der Waals surface area contributed by atoms with Gasteiger partial charge in [-0.2, -0.15) is 0 Å². The highest BCUT2D eigenvalue weighted by Crippen LogP contribution is 2.10. The molecule has 0 radical (unpaired) electrons. The van der Waals surface area contributed by atoms with E-state index in [4.69, 9.17) is 4.74 Å². The molecule has 0 amide bonds. The zero-order valence-corrected chi connectivity index (χ0v) is 11.2. The third-order valence-electron chi connectivity index (χ3n) is 3.15. The van der Waals surface area contributed by atoms with Crippen molar-refractivity contribution in [3.63, 3.8) is 0 Å². The van der Waals surface area contributed by atoms with Crippen LogP contribution >= 0.6 is 0 Å². The van der Waals surface area contributed by atoms with Crippen molar-refractivity contribution in [3.8, 4) is 0 Å². The topological polar surface area (TPSA) is 45.7 Å². The lowest BCUT2D eigenvalue weighted by molar-refractivity contribution is 0.114. The maximum Gasteiger partial charge on any atom is 0.191 e. The number of ether oxygens (including phenoxy) is 1. The highest BCUT2D eigenvalue weighted by atomic mass is 19.1. The van der Waals surface area contributed by atoms with Crippen LogP contribution in [0.25, 0.3) is 0 Å². The molecule has 104 valence electrons. The van der Waals surface area contributed by atoms with Gasteiger partial charge >= 0.3 is 0 Å². The van der Waals surface area contributed by atoms with Crippen molar-refractivity contribution >= 4 is 5.96 Å². The molecule has 1 atom stereocenters. The monoisotopic (exact) mass is 265 g/mol. The largest absolute Gasteiger partial charge is 0.376 e. The molecule has 1 unspecified atom stereocenters. The van der Waals surface area contributed by atoms with Crippen LogP contribution in [0, 0.1) is 5.82 Å². The van der Waals surface area contributed by atoms with E-state index < -0.39 is 0 Å². The smallest absolute Gasteiger partial charge is 0.191 e. The molecule has 0 aliphatic carbocycles. The number of aliphatic imine (C=N–C) groups is 1. The highest BCUT2D eigenvalue weighted by Gasteiger charge is 2.15. The lowest BCUT2D eigenvalue weighted by Crippen LogP contribution is -2.40. The number of guanidine groups is 1. The lowest BCUT2D eigenvalue weighted by Gasteiger charge is -2.15. The third kappa shape index (κ3) is 4.21. The Hall–Kier alpha value is -1.62. The number of hydrogen-bond acceptors (Lipinski definition) is 2. The van der Waals surface area contributed by atoms with E-state index in [2.05, 4.69) is 15.6 Å². The predicted molar refractivity (Wildman–Crippen MR) is 73.6 cm³/mol. The predicted octanol–water partition coefficient (Wildman–Crippen LogP) is 1.67. The second-order valence-corrected chi connectivity index (χ2v) is 4.53. The van der Waals surface area contributed by atoms with Gasteiger partial charge in [-0.1, -0.05) is 18.2 Å². The van der Waals surface area contributed by atoms with Gasteiger partial charge in [0.15, 0.2) is 5.96 Å². The van der Waals surface area contributed by atoms with Crippen LogP contribution in [0.2, 0.25) is 0 Å². The molecule has 1 aliphatic heterocycles. The first kappa shape index (κ1) is 13.8. The summed E-state index contributed by atoms with van der Waals surface area (Å²) in [6.07, 6.45) is 2.46. The maximum atomic E-state index is 13.5. The fraction of sp³-hybridized carbons (Fsp3) is 0.500. The van der Waals surface area contributed by atoms with Crippen molar-refractivity contribution in [2.75, 3.05) is 20.2 Å². The van der Waals surface area contributed by atoms with E-state index in [0.717, 1.165) is 26.0 Å². The minimum absolute atomic E-state index is 0.204. The SMILES string of the molecule is CN=C(NCc1ccccc1F)NCC1CCCO1. The molecule has 19 heavy (non-hydrogen) atoms. The summed E-state index contributed by atoms with van der Waals surface area (Å²) in [7, 11) is 1.70. The normalized spacial score (nSPS) is 19.5. The summed E-state index contributed by atoms with van der Waals surface area (Å²) in [5.74, 6) is 0.461. The van der Waals surface area contributed by atoms with E-state index in [9.17, 15) is 4.39 Å². The second-order valence-electron chi connectivity index (χ2n) is 4.53. The van der Waals surface area contributed by atoms with Gasteiger partial charge in [0.1, 0.15) is 5.82 Å². The summed E-state index contributed by atoms with van der Waals surface area (Å²) in [6, 6.07) is 6.72. The molecule has 1 heterocycles. The van der Waals surface area contributed by atoms with E-state index >= 15 is 0 Å². The summed E-state index contributed by atoms with van der Waals surface area (Å²) < 4.78 is 19.0. The van der Waals surface area contributed by atoms with Gasteiger partial charge in [0.05, 0.1) is 6.10 Å². The van der Waals surface area contributed by atoms with Crippen LogP contribution in [0.15, 0.2) is 29.3 Å². The Morgan fingerprint density at radius 2 is 2.26 bits per heavy atom. The van der Waals surface area contributed by atoms with Crippen LogP contribution in [0.1, 0.15) is 18.4 Å². The number of benzene rings is 1. The standard InChI is InChI=1S/C14H20FN3O/c1-16-14(18-10-12-6-4-8-19-12)17-9-11-5-2-3-7-13(11)15/h2-3,5,7,12H,4,6,8-10H2,1H3,(H2,16,17,18). The summed E-state index contributed by atoms with van der Waals surface area (Å²) in [5.41, 5.74) is 0.627. The zero-order valence-electron chi connectivity index (χ0n) is 11.2. The summed E-state index contributed by atoms with van der Waals surface area (Å²) in [5, 5.41) is 6.29. The van der Waals surface area contributed by atoms with Crippen molar-refractivity contribution in [3.05, 3.63) is 35.6 Å². The van der Waals surface area contributed by atoms with Gasteiger partial charge in [-0.05, 0) is 18.9 Å². The minimum Gasteiger partial charge on any atom is -0.376 e. The number of nitrogens with one attached hydrogen (secondary N) is 2. The molecule has 1 aliphatic rings. The van der Waals surface area contributed by atoms with E-state index in [1.165, 1.54) is 6.07 Å². The molecule has 5 heteroatoms. The van der Waals surface area contributed by atoms with E-state index in [1.54, 1.807) is 19.2 Å². The second kappa shape index (κ2) is 7.09. The third-order valence-corrected chi connectivity index (χ3v) is 3.15. The van der Waals surface area contributed by atoms with E-state index in [0.29, 0.717) is 18.1 Å². The summed E-state index contributed by atoms with van der Waals surface area (Å²) in [6.45, 7) is 1.99. The van der Waals surface area contributed by atoms with Crippen LogP contribution in [0.3, 0.4) is 0 Å². The molecule has 2 rings (SSSR count). The van der Waals surface area contributed by atoms with Crippen molar-refractivity contribution in [2.45, 2.75) is 25.5 Å². The van der Waals surface area contributed by atoms with Crippen molar-refractivity contribution in [2.24, 2.45) is 4.99 Å². The zero-order chi connectivity index (χ0) is 13.5. The quantitative estimate of drug-likeness (QED) is 0.643. The molecule has 0 saturated carbocycles. The Bertz CT molecular complexity index is 430. The molecular weight excluding hydrogens is 245 g/mol. The molecule has 1 fully saturated rings. The Labute approximate surface area is 113 Å². The Balaban J connectivity index is 1.78. The van der Waals surface area contributed by atoms with Gasteiger partial charge in [0.25, 0.3) is 0 Å². The molecule has 2 N–H and O–H groups in total. The van der Waals surface area contributed by atoms with Crippen LogP contribution in [-0.2, 0) is 11.3 Å². The minimum atomic E-state index is -0.204. The number of halogens is 1. The van der Waals surface area contributed by atoms with Crippen molar-refractivity contribution in [1.82, 2.24) is 10.6 Å². The number of hydrogen-bond donors (Lipinski definition) is 2. The average molecular weight is 265 g/mol. The fourth-order valence-electron chi connectivity index (χ4n) is 2.06. The fourth-order valence-corrected chi connectivity index (χ4v) is 2.06. The van der Waals surface area contributed by atoms with Gasteiger partial charge in [0, 0.05) is 32.3 Å². The van der Waals surface area contributed by atoms with Crippen LogP contribution < -0.4 is 10.6 Å². The van der Waals surface area contributed by atoms with Crippen molar-refractivity contribution in [1.29, 1.82) is 0 Å². The first-order chi connectivity index (χ1) is 9.29. The molecule has 1 aromatic carbocycles. The molecule has 4 nitrogen and oxygen atoms in total. The Kier molecular flexibility index (Phi) is 5.15. The average Bonchev–Trinajstić information content (AvgIpc) is 2.94. The molecule has 0 aromatic heterocycles. The van der Waals surface area contributed by atoms with E-state index in [-0.39, 0.29) is 11.9 Å². The van der Waals surface area contributed by atoms with Gasteiger partial charge in [0.2, 0.25) is 0 Å². The summed E-state index contributed by atoms with van der Waals surface area (Å²) in [4.78, 5) is 4.11. The first-order valence-electron chi connectivity index (χ1n) is 6.59. The molecule has 0 bridgehead atoms. The number of rotatable bonds is 4. The van der Waals surface area contributed by atoms with Crippen molar-refractivity contribution < 1.29 is 9.13 Å². The molecule has 1 saturated heterocycles. The Morgan fingerprint density at radius 3 is 2.95 bits per heavy atom. The first-order valence-corrected chi connectivity index (χ1v) is 6.59. The molecule has 1 aromatic rings. The van der Waals surface area contributed by atoms with Gasteiger partial charge < -0.3 is 15.4 Å². The van der Waals surface area contributed by atoms with Gasteiger partial charge in [-0.3, -0.25) is 4.99 Å². The van der Waals surface area contributed by atoms with Crippen LogP contribution in [0.5, 0.6) is 0 Å². The maximum absolute atomic E-state index is 13.5.